The van der Waals surface area contributed by atoms with Crippen LogP contribution < -0.4 is 15.5 Å². The molecule has 0 bridgehead atoms. The normalized spacial score (nSPS) is 14.6. The lowest BCUT2D eigenvalue weighted by Crippen LogP contribution is -2.49. The molecule has 1 aliphatic rings. The number of pyridine rings is 1. The van der Waals surface area contributed by atoms with Gasteiger partial charge in [-0.1, -0.05) is 6.07 Å². The summed E-state index contributed by atoms with van der Waals surface area (Å²) < 4.78 is 28.0. The van der Waals surface area contributed by atoms with Crippen molar-refractivity contribution >= 4 is 39.1 Å². The van der Waals surface area contributed by atoms with E-state index in [4.69, 9.17) is 0 Å². The van der Waals surface area contributed by atoms with Crippen molar-refractivity contribution in [1.82, 2.24) is 19.3 Å². The summed E-state index contributed by atoms with van der Waals surface area (Å²) in [5.74, 6) is 2.46. The Morgan fingerprint density at radius 1 is 0.971 bits per heavy atom. The maximum atomic E-state index is 13.3. The van der Waals surface area contributed by atoms with Crippen LogP contribution in [0.3, 0.4) is 0 Å². The topological polar surface area (TPSA) is 120 Å². The Bertz CT molecular complexity index is 1290. The summed E-state index contributed by atoms with van der Waals surface area (Å²) in [6.45, 7) is 6.64. The number of amides is 1. The molecule has 0 aliphatic carbocycles. The van der Waals surface area contributed by atoms with E-state index in [1.165, 1.54) is 11.2 Å². The summed E-state index contributed by atoms with van der Waals surface area (Å²) in [5.41, 5.74) is 1.16. The Kier molecular flexibility index (Phi) is 6.75. The molecule has 3 heterocycles. The van der Waals surface area contributed by atoms with Crippen molar-refractivity contribution in [3.05, 3.63) is 60.0 Å². The molecule has 10 nitrogen and oxygen atoms in total. The molecule has 0 unspecified atom stereocenters. The van der Waals surface area contributed by atoms with Crippen molar-refractivity contribution in [3.8, 4) is 0 Å². The van der Waals surface area contributed by atoms with Crippen LogP contribution in [-0.2, 0) is 14.8 Å². The van der Waals surface area contributed by atoms with E-state index < -0.39 is 10.0 Å². The number of nitrogens with zero attached hydrogens (tertiary/aromatic N) is 5. The highest BCUT2D eigenvalue weighted by Gasteiger charge is 2.30. The molecule has 0 radical (unpaired) electrons. The lowest BCUT2D eigenvalue weighted by Gasteiger charge is -2.35. The third kappa shape index (κ3) is 5.32. The van der Waals surface area contributed by atoms with Gasteiger partial charge in [0.05, 0.1) is 4.90 Å². The molecule has 34 heavy (non-hydrogen) atoms. The Labute approximate surface area is 199 Å². The van der Waals surface area contributed by atoms with Gasteiger partial charge in [0.15, 0.2) is 0 Å². The van der Waals surface area contributed by atoms with Crippen LogP contribution in [0.2, 0.25) is 0 Å². The molecule has 1 fully saturated rings. The van der Waals surface area contributed by atoms with Crippen molar-refractivity contribution < 1.29 is 13.2 Å². The molecule has 2 N–H and O–H groups in total. The van der Waals surface area contributed by atoms with Crippen molar-refractivity contribution in [3.63, 3.8) is 0 Å². The number of piperazine rings is 1. The molecular weight excluding hydrogens is 454 g/mol. The van der Waals surface area contributed by atoms with Gasteiger partial charge in [-0.05, 0) is 49.7 Å². The number of anilines is 4. The van der Waals surface area contributed by atoms with Gasteiger partial charge in [-0.25, -0.2) is 23.4 Å². The highest BCUT2D eigenvalue weighted by atomic mass is 32.2. The highest BCUT2D eigenvalue weighted by molar-refractivity contribution is 7.89. The molecule has 4 rings (SSSR count). The second kappa shape index (κ2) is 9.74. The Hall–Kier alpha value is -3.57. The molecule has 1 aliphatic heterocycles. The van der Waals surface area contributed by atoms with Crippen LogP contribution in [0.4, 0.5) is 23.1 Å². The number of hydrogen-bond donors (Lipinski definition) is 2. The van der Waals surface area contributed by atoms with E-state index in [0.717, 1.165) is 5.82 Å². The molecule has 3 aromatic rings. The molecule has 1 saturated heterocycles. The van der Waals surface area contributed by atoms with Gasteiger partial charge in [0, 0.05) is 51.1 Å². The quantitative estimate of drug-likeness (QED) is 0.551. The first-order chi connectivity index (χ1) is 16.2. The van der Waals surface area contributed by atoms with E-state index in [0.29, 0.717) is 54.9 Å². The van der Waals surface area contributed by atoms with Gasteiger partial charge in [0.25, 0.3) is 0 Å². The Morgan fingerprint density at radius 3 is 2.38 bits per heavy atom. The SMILES string of the molecule is CC(=O)Nc1ccc(S(=O)(=O)N2CCN(c3cc(Nc4ccccn4)nc(C)n3)CC2)c(C)c1. The van der Waals surface area contributed by atoms with Crippen LogP contribution in [0.1, 0.15) is 18.3 Å². The van der Waals surface area contributed by atoms with Crippen LogP contribution in [0.5, 0.6) is 0 Å². The fourth-order valence-electron chi connectivity index (χ4n) is 3.86. The zero-order valence-corrected chi connectivity index (χ0v) is 20.1. The van der Waals surface area contributed by atoms with Gasteiger partial charge in [0.1, 0.15) is 23.3 Å². The van der Waals surface area contributed by atoms with Crippen LogP contribution in [0, 0.1) is 13.8 Å². The smallest absolute Gasteiger partial charge is 0.243 e. The average Bonchev–Trinajstić information content (AvgIpc) is 2.79. The van der Waals surface area contributed by atoms with Gasteiger partial charge in [-0.2, -0.15) is 4.31 Å². The monoisotopic (exact) mass is 481 g/mol. The van der Waals surface area contributed by atoms with Crippen LogP contribution in [0.15, 0.2) is 53.6 Å². The van der Waals surface area contributed by atoms with Crippen molar-refractivity contribution in [2.75, 3.05) is 41.7 Å². The Morgan fingerprint density at radius 2 is 1.74 bits per heavy atom. The maximum Gasteiger partial charge on any atom is 0.243 e. The zero-order chi connectivity index (χ0) is 24.3. The molecule has 0 saturated carbocycles. The second-order valence-electron chi connectivity index (χ2n) is 8.05. The van der Waals surface area contributed by atoms with E-state index in [1.807, 2.05) is 31.2 Å². The standard InChI is InChI=1S/C23H27N7O3S/c1-16-14-19(27-18(3)31)7-8-20(16)34(32,33)30-12-10-29(11-13-30)23-15-22(25-17(2)26-23)28-21-6-4-5-9-24-21/h4-9,14-15H,10-13H2,1-3H3,(H,27,31)(H,24,25,26,28). The summed E-state index contributed by atoms with van der Waals surface area (Å²) in [5, 5.41) is 5.86. The molecular formula is C23H27N7O3S. The molecule has 1 amide bonds. The summed E-state index contributed by atoms with van der Waals surface area (Å²) in [4.78, 5) is 26.8. The first-order valence-corrected chi connectivity index (χ1v) is 12.3. The minimum absolute atomic E-state index is 0.204. The second-order valence-corrected chi connectivity index (χ2v) is 9.96. The molecule has 0 atom stereocenters. The van der Waals surface area contributed by atoms with E-state index >= 15 is 0 Å². The number of carbonyl (C=O) groups is 1. The zero-order valence-electron chi connectivity index (χ0n) is 19.3. The van der Waals surface area contributed by atoms with Crippen LogP contribution in [-0.4, -0.2) is 59.8 Å². The molecule has 11 heteroatoms. The lowest BCUT2D eigenvalue weighted by atomic mass is 10.2. The number of rotatable bonds is 6. The first-order valence-electron chi connectivity index (χ1n) is 10.9. The van der Waals surface area contributed by atoms with Gasteiger partial charge < -0.3 is 15.5 Å². The number of benzene rings is 1. The minimum Gasteiger partial charge on any atom is -0.354 e. The van der Waals surface area contributed by atoms with E-state index in [1.54, 1.807) is 31.3 Å². The fraction of sp³-hybridized carbons (Fsp3) is 0.304. The first kappa shape index (κ1) is 23.6. The third-order valence-corrected chi connectivity index (χ3v) is 7.48. The summed E-state index contributed by atoms with van der Waals surface area (Å²) in [7, 11) is -3.66. The van der Waals surface area contributed by atoms with Crippen molar-refractivity contribution in [1.29, 1.82) is 0 Å². The largest absolute Gasteiger partial charge is 0.354 e. The molecule has 178 valence electrons. The molecule has 1 aromatic carbocycles. The maximum absolute atomic E-state index is 13.3. The van der Waals surface area contributed by atoms with Crippen LogP contribution in [0.25, 0.3) is 0 Å². The summed E-state index contributed by atoms with van der Waals surface area (Å²) in [6.07, 6.45) is 1.70. The summed E-state index contributed by atoms with van der Waals surface area (Å²) >= 11 is 0. The fourth-order valence-corrected chi connectivity index (χ4v) is 5.49. The number of nitrogens with one attached hydrogen (secondary N) is 2. The van der Waals surface area contributed by atoms with Gasteiger partial charge in [-0.15, -0.1) is 0 Å². The van der Waals surface area contributed by atoms with Crippen molar-refractivity contribution in [2.24, 2.45) is 0 Å². The molecule has 2 aromatic heterocycles. The predicted octanol–water partition coefficient (Wildman–Crippen LogP) is 2.70. The Balaban J connectivity index is 1.46. The predicted molar refractivity (Wildman–Crippen MR) is 131 cm³/mol. The van der Waals surface area contributed by atoms with Gasteiger partial charge in [0.2, 0.25) is 15.9 Å². The minimum atomic E-state index is -3.66. The summed E-state index contributed by atoms with van der Waals surface area (Å²) in [6, 6.07) is 12.3. The van der Waals surface area contributed by atoms with Crippen molar-refractivity contribution in [2.45, 2.75) is 25.7 Å². The van der Waals surface area contributed by atoms with Gasteiger partial charge in [-0.3, -0.25) is 4.79 Å². The lowest BCUT2D eigenvalue weighted by molar-refractivity contribution is -0.114. The average molecular weight is 482 g/mol. The third-order valence-electron chi connectivity index (χ3n) is 5.42. The number of hydrogen-bond acceptors (Lipinski definition) is 8. The van der Waals surface area contributed by atoms with Gasteiger partial charge >= 0.3 is 0 Å². The highest BCUT2D eigenvalue weighted by Crippen LogP contribution is 2.26. The van der Waals surface area contributed by atoms with E-state index in [2.05, 4.69) is 30.5 Å². The number of sulfonamides is 1. The molecule has 0 spiro atoms. The number of aromatic nitrogens is 3. The van der Waals surface area contributed by atoms with E-state index in [-0.39, 0.29) is 10.8 Å². The van der Waals surface area contributed by atoms with Crippen LogP contribution >= 0.6 is 0 Å². The van der Waals surface area contributed by atoms with E-state index in [9.17, 15) is 13.2 Å². The number of aryl methyl sites for hydroxylation is 2. The number of carbonyl (C=O) groups excluding carboxylic acids is 1.